The summed E-state index contributed by atoms with van der Waals surface area (Å²) < 4.78 is 11.7. The van der Waals surface area contributed by atoms with Gasteiger partial charge in [0.2, 0.25) is 0 Å². The number of anilines is 1. The highest BCUT2D eigenvalue weighted by atomic mass is 79.9. The first-order chi connectivity index (χ1) is 10.1. The molecule has 110 valence electrons. The number of carbonyl (C=O) groups excluding carboxylic acids is 1. The van der Waals surface area contributed by atoms with Crippen molar-refractivity contribution < 1.29 is 14.3 Å². The minimum absolute atomic E-state index is 0.332. The number of ether oxygens (including phenoxy) is 2. The van der Waals surface area contributed by atoms with E-state index in [0.717, 1.165) is 10.0 Å². The highest BCUT2D eigenvalue weighted by molar-refractivity contribution is 9.10. The normalized spacial score (nSPS) is 10.2. The van der Waals surface area contributed by atoms with Gasteiger partial charge in [-0.05, 0) is 42.8 Å². The fraction of sp³-hybridized carbons (Fsp3) is 0.188. The summed E-state index contributed by atoms with van der Waals surface area (Å²) in [6.07, 6.45) is 0. The van der Waals surface area contributed by atoms with E-state index >= 15 is 0 Å². The second-order valence-corrected chi connectivity index (χ2v) is 5.30. The van der Waals surface area contributed by atoms with Gasteiger partial charge >= 0.3 is 5.97 Å². The van der Waals surface area contributed by atoms with Crippen molar-refractivity contribution in [3.05, 3.63) is 58.1 Å². The molecule has 0 unspecified atom stereocenters. The van der Waals surface area contributed by atoms with E-state index in [9.17, 15) is 4.79 Å². The highest BCUT2D eigenvalue weighted by Crippen LogP contribution is 2.24. The zero-order valence-electron chi connectivity index (χ0n) is 11.6. The lowest BCUT2D eigenvalue weighted by atomic mass is 10.2. The van der Waals surface area contributed by atoms with Crippen molar-refractivity contribution in [2.24, 2.45) is 0 Å². The van der Waals surface area contributed by atoms with Gasteiger partial charge in [0.25, 0.3) is 0 Å². The Bertz CT molecular complexity index is 626. The molecule has 21 heavy (non-hydrogen) atoms. The SMILES string of the molecule is CCOC(=O)c1ccc(N)c(OCc2ccc(Br)cc2)c1. The van der Waals surface area contributed by atoms with Gasteiger partial charge in [-0.2, -0.15) is 0 Å². The Morgan fingerprint density at radius 2 is 1.90 bits per heavy atom. The predicted molar refractivity (Wildman–Crippen MR) is 85.3 cm³/mol. The Kier molecular flexibility index (Phi) is 5.22. The summed E-state index contributed by atoms with van der Waals surface area (Å²) in [5.74, 6) is 0.0921. The van der Waals surface area contributed by atoms with E-state index < -0.39 is 0 Å². The first-order valence-corrected chi connectivity index (χ1v) is 7.33. The minimum Gasteiger partial charge on any atom is -0.487 e. The Labute approximate surface area is 132 Å². The lowest BCUT2D eigenvalue weighted by molar-refractivity contribution is 0.0526. The number of nitrogen functional groups attached to an aromatic ring is 1. The lowest BCUT2D eigenvalue weighted by Gasteiger charge is -2.10. The number of esters is 1. The van der Waals surface area contributed by atoms with Crippen LogP contribution in [0.25, 0.3) is 0 Å². The van der Waals surface area contributed by atoms with Gasteiger partial charge in [-0.1, -0.05) is 28.1 Å². The van der Waals surface area contributed by atoms with Gasteiger partial charge in [-0.15, -0.1) is 0 Å². The molecule has 0 aliphatic rings. The van der Waals surface area contributed by atoms with Crippen LogP contribution in [0.5, 0.6) is 5.75 Å². The molecule has 2 aromatic rings. The van der Waals surface area contributed by atoms with Crippen molar-refractivity contribution >= 4 is 27.6 Å². The summed E-state index contributed by atoms with van der Waals surface area (Å²) >= 11 is 3.38. The fourth-order valence-corrected chi connectivity index (χ4v) is 2.01. The number of nitrogens with two attached hydrogens (primary N) is 1. The summed E-state index contributed by atoms with van der Waals surface area (Å²) in [5, 5.41) is 0. The molecule has 0 saturated carbocycles. The number of carbonyl (C=O) groups is 1. The van der Waals surface area contributed by atoms with Crippen molar-refractivity contribution in [1.82, 2.24) is 0 Å². The van der Waals surface area contributed by atoms with Crippen molar-refractivity contribution in [3.63, 3.8) is 0 Å². The van der Waals surface area contributed by atoms with Crippen LogP contribution in [0.3, 0.4) is 0 Å². The molecule has 4 nitrogen and oxygen atoms in total. The molecule has 0 aliphatic carbocycles. The largest absolute Gasteiger partial charge is 0.487 e. The third kappa shape index (κ3) is 4.23. The van der Waals surface area contributed by atoms with E-state index in [1.807, 2.05) is 24.3 Å². The molecule has 0 heterocycles. The standard InChI is InChI=1S/C16H16BrNO3/c1-2-20-16(19)12-5-8-14(18)15(9-12)21-10-11-3-6-13(17)7-4-11/h3-9H,2,10,18H2,1H3. The van der Waals surface area contributed by atoms with Gasteiger partial charge in [-0.3, -0.25) is 0 Å². The minimum atomic E-state index is -0.383. The van der Waals surface area contributed by atoms with Gasteiger partial charge in [0.05, 0.1) is 17.9 Å². The van der Waals surface area contributed by atoms with Gasteiger partial charge in [0, 0.05) is 4.47 Å². The van der Waals surface area contributed by atoms with E-state index in [1.165, 1.54) is 0 Å². The summed E-state index contributed by atoms with van der Waals surface area (Å²) in [7, 11) is 0. The molecule has 5 heteroatoms. The second kappa shape index (κ2) is 7.13. The highest BCUT2D eigenvalue weighted by Gasteiger charge is 2.10. The average molecular weight is 350 g/mol. The number of hydrogen-bond acceptors (Lipinski definition) is 4. The lowest BCUT2D eigenvalue weighted by Crippen LogP contribution is -2.06. The van der Waals surface area contributed by atoms with Crippen molar-refractivity contribution in [2.75, 3.05) is 12.3 Å². The molecular formula is C16H16BrNO3. The monoisotopic (exact) mass is 349 g/mol. The van der Waals surface area contributed by atoms with Crippen LogP contribution in [-0.2, 0) is 11.3 Å². The quantitative estimate of drug-likeness (QED) is 0.658. The third-order valence-corrected chi connectivity index (χ3v) is 3.36. The van der Waals surface area contributed by atoms with Crippen LogP contribution < -0.4 is 10.5 Å². The van der Waals surface area contributed by atoms with E-state index in [1.54, 1.807) is 25.1 Å². The second-order valence-electron chi connectivity index (χ2n) is 4.39. The Hall–Kier alpha value is -2.01. The molecule has 2 aromatic carbocycles. The molecule has 0 atom stereocenters. The molecule has 0 radical (unpaired) electrons. The number of rotatable bonds is 5. The molecule has 0 aliphatic heterocycles. The molecule has 2 rings (SSSR count). The molecule has 0 amide bonds. The predicted octanol–water partition coefficient (Wildman–Crippen LogP) is 3.79. The van der Waals surface area contributed by atoms with Crippen LogP contribution in [0.2, 0.25) is 0 Å². The molecular weight excluding hydrogens is 334 g/mol. The van der Waals surface area contributed by atoms with Crippen molar-refractivity contribution in [2.45, 2.75) is 13.5 Å². The molecule has 0 bridgehead atoms. The summed E-state index contributed by atoms with van der Waals surface area (Å²) in [5.41, 5.74) is 7.79. The van der Waals surface area contributed by atoms with Crippen LogP contribution in [-0.4, -0.2) is 12.6 Å². The van der Waals surface area contributed by atoms with Crippen LogP contribution in [0.1, 0.15) is 22.8 Å². The molecule has 0 fully saturated rings. The van der Waals surface area contributed by atoms with E-state index in [4.69, 9.17) is 15.2 Å². The van der Waals surface area contributed by atoms with Gasteiger partial charge in [0.1, 0.15) is 12.4 Å². The van der Waals surface area contributed by atoms with E-state index in [0.29, 0.717) is 30.2 Å². The molecule has 0 aromatic heterocycles. The maximum absolute atomic E-state index is 11.7. The van der Waals surface area contributed by atoms with E-state index in [2.05, 4.69) is 15.9 Å². The summed E-state index contributed by atoms with van der Waals surface area (Å²) in [6, 6.07) is 12.7. The number of hydrogen-bond donors (Lipinski definition) is 1. The Morgan fingerprint density at radius 1 is 1.19 bits per heavy atom. The van der Waals surface area contributed by atoms with E-state index in [-0.39, 0.29) is 5.97 Å². The Morgan fingerprint density at radius 3 is 2.57 bits per heavy atom. The number of benzene rings is 2. The van der Waals surface area contributed by atoms with Gasteiger partial charge in [0.15, 0.2) is 0 Å². The summed E-state index contributed by atoms with van der Waals surface area (Å²) in [4.78, 5) is 11.7. The van der Waals surface area contributed by atoms with Gasteiger partial charge < -0.3 is 15.2 Å². The smallest absolute Gasteiger partial charge is 0.338 e. The Balaban J connectivity index is 2.10. The van der Waals surface area contributed by atoms with Crippen molar-refractivity contribution in [3.8, 4) is 5.75 Å². The number of halogens is 1. The third-order valence-electron chi connectivity index (χ3n) is 2.83. The topological polar surface area (TPSA) is 61.5 Å². The van der Waals surface area contributed by atoms with Crippen molar-refractivity contribution in [1.29, 1.82) is 0 Å². The first kappa shape index (κ1) is 15.4. The molecule has 0 saturated heterocycles. The van der Waals surface area contributed by atoms with Crippen LogP contribution >= 0.6 is 15.9 Å². The van der Waals surface area contributed by atoms with Crippen LogP contribution in [0.4, 0.5) is 5.69 Å². The molecule has 0 spiro atoms. The zero-order chi connectivity index (χ0) is 15.2. The van der Waals surface area contributed by atoms with Crippen LogP contribution in [0, 0.1) is 0 Å². The maximum atomic E-state index is 11.7. The van der Waals surface area contributed by atoms with Crippen LogP contribution in [0.15, 0.2) is 46.9 Å². The fourth-order valence-electron chi connectivity index (χ4n) is 1.74. The first-order valence-electron chi connectivity index (χ1n) is 6.54. The molecule has 2 N–H and O–H groups in total. The average Bonchev–Trinajstić information content (AvgIpc) is 2.48. The zero-order valence-corrected chi connectivity index (χ0v) is 13.2. The van der Waals surface area contributed by atoms with Gasteiger partial charge in [-0.25, -0.2) is 4.79 Å². The maximum Gasteiger partial charge on any atom is 0.338 e. The summed E-state index contributed by atoms with van der Waals surface area (Å²) in [6.45, 7) is 2.47.